The number of hydrogen-bond donors (Lipinski definition) is 5. The minimum atomic E-state index is -4.61. The molecule has 2 aromatic carbocycles. The van der Waals surface area contributed by atoms with Gasteiger partial charge in [0.1, 0.15) is 23.9 Å². The van der Waals surface area contributed by atoms with Gasteiger partial charge in [0.25, 0.3) is 5.91 Å². The molecule has 0 fully saturated rings. The molecule has 1 aromatic heterocycles. The van der Waals surface area contributed by atoms with E-state index in [0.717, 1.165) is 17.9 Å². The van der Waals surface area contributed by atoms with Gasteiger partial charge in [-0.05, 0) is 68.3 Å². The molecular formula is C34H43N4O11P. The van der Waals surface area contributed by atoms with Gasteiger partial charge in [0, 0.05) is 12.1 Å². The third-order valence-electron chi connectivity index (χ3n) is 8.01. The topological polar surface area (TPSA) is 206 Å². The van der Waals surface area contributed by atoms with E-state index in [1.807, 2.05) is 6.92 Å². The van der Waals surface area contributed by atoms with Gasteiger partial charge in [-0.3, -0.25) is 18.9 Å². The molecule has 5 N–H and O–H groups in total. The first-order chi connectivity index (χ1) is 24.0. The van der Waals surface area contributed by atoms with Gasteiger partial charge in [0.05, 0.1) is 41.8 Å². The Morgan fingerprint density at radius 1 is 1.06 bits per heavy atom. The number of carbonyl (C=O) groups excluding carboxylic acids is 4. The fourth-order valence-electron chi connectivity index (χ4n) is 5.53. The number of benzene rings is 2. The van der Waals surface area contributed by atoms with Gasteiger partial charge >= 0.3 is 13.6 Å². The summed E-state index contributed by atoms with van der Waals surface area (Å²) in [4.78, 5) is 76.6. The Morgan fingerprint density at radius 2 is 1.86 bits per heavy atom. The van der Waals surface area contributed by atoms with Crippen molar-refractivity contribution in [3.8, 4) is 22.8 Å². The van der Waals surface area contributed by atoms with E-state index in [1.54, 1.807) is 26.0 Å². The molecule has 1 aliphatic heterocycles. The number of anilines is 1. The molecule has 3 amide bonds. The van der Waals surface area contributed by atoms with Crippen molar-refractivity contribution in [1.82, 2.24) is 15.7 Å². The predicted molar refractivity (Wildman–Crippen MR) is 183 cm³/mol. The molecule has 0 saturated carbocycles. The maximum absolute atomic E-state index is 13.5. The van der Waals surface area contributed by atoms with Crippen molar-refractivity contribution in [3.05, 3.63) is 59.9 Å². The molecule has 15 nitrogen and oxygen atoms in total. The molecule has 2 heterocycles. The smallest absolute Gasteiger partial charge is 0.363 e. The Bertz CT molecular complexity index is 1710. The summed E-state index contributed by atoms with van der Waals surface area (Å²) in [5.41, 5.74) is 1.12. The highest BCUT2D eigenvalue weighted by molar-refractivity contribution is 7.60. The standard InChI is InChI=1S/C34H43N4O11P/c1-4-7-8-9-26(28(5-2)38(21-39)49-34(42)22-10-11-30-27(18-22)35-14-15-47-30)32(40)36-20-37-33(41)31-13-12-29(48-31)23-16-24(46-6-3)19-25(17-23)50(43,44)45/h10-13,16-19,21,26,28,35H,4-9,14-15,20H2,1-3H3,(H,36,40)(H,37,41)(H2,43,44,45)/t26-,28-/m1/s1. The molecule has 270 valence electrons. The highest BCUT2D eigenvalue weighted by atomic mass is 31.2. The average molecular weight is 715 g/mol. The molecule has 0 bridgehead atoms. The van der Waals surface area contributed by atoms with Crippen LogP contribution in [0.3, 0.4) is 0 Å². The lowest BCUT2D eigenvalue weighted by Crippen LogP contribution is -2.49. The molecule has 0 spiro atoms. The number of unbranched alkanes of at least 4 members (excludes halogenated alkanes) is 2. The van der Waals surface area contributed by atoms with Gasteiger partial charge in [0.2, 0.25) is 12.3 Å². The maximum atomic E-state index is 13.5. The molecule has 50 heavy (non-hydrogen) atoms. The monoisotopic (exact) mass is 714 g/mol. The molecule has 0 unspecified atom stereocenters. The van der Waals surface area contributed by atoms with E-state index in [9.17, 15) is 33.5 Å². The third kappa shape index (κ3) is 9.87. The van der Waals surface area contributed by atoms with Crippen molar-refractivity contribution in [2.45, 2.75) is 58.9 Å². The van der Waals surface area contributed by atoms with E-state index >= 15 is 0 Å². The lowest BCUT2D eigenvalue weighted by atomic mass is 9.90. The number of nitrogens with zero attached hydrogens (tertiary/aromatic N) is 1. The third-order valence-corrected chi connectivity index (χ3v) is 8.94. The van der Waals surface area contributed by atoms with E-state index in [4.69, 9.17) is 18.7 Å². The van der Waals surface area contributed by atoms with Gasteiger partial charge < -0.3 is 44.5 Å². The van der Waals surface area contributed by atoms with Crippen molar-refractivity contribution in [3.63, 3.8) is 0 Å². The summed E-state index contributed by atoms with van der Waals surface area (Å²) in [6.45, 7) is 6.59. The van der Waals surface area contributed by atoms with Gasteiger partial charge in [0.15, 0.2) is 5.76 Å². The number of ether oxygens (including phenoxy) is 2. The molecule has 16 heteroatoms. The van der Waals surface area contributed by atoms with Gasteiger partial charge in [-0.25, -0.2) is 4.79 Å². The maximum Gasteiger partial charge on any atom is 0.363 e. The second-order valence-corrected chi connectivity index (χ2v) is 13.1. The zero-order chi connectivity index (χ0) is 36.3. The van der Waals surface area contributed by atoms with Crippen LogP contribution in [0.4, 0.5) is 5.69 Å². The Morgan fingerprint density at radius 3 is 2.56 bits per heavy atom. The second kappa shape index (κ2) is 17.7. The molecule has 3 aromatic rings. The number of furan rings is 1. The molecule has 4 rings (SSSR count). The van der Waals surface area contributed by atoms with E-state index in [0.29, 0.717) is 55.8 Å². The number of rotatable bonds is 18. The van der Waals surface area contributed by atoms with Gasteiger partial charge in [-0.1, -0.05) is 33.1 Å². The Labute approximate surface area is 289 Å². The van der Waals surface area contributed by atoms with Crippen LogP contribution in [0.5, 0.6) is 11.5 Å². The van der Waals surface area contributed by atoms with Crippen molar-refractivity contribution < 1.29 is 52.3 Å². The van der Waals surface area contributed by atoms with Crippen LogP contribution in [0.25, 0.3) is 11.3 Å². The first kappa shape index (κ1) is 38.0. The highest BCUT2D eigenvalue weighted by Gasteiger charge is 2.34. The van der Waals surface area contributed by atoms with Crippen molar-refractivity contribution in [2.75, 3.05) is 31.7 Å². The summed E-state index contributed by atoms with van der Waals surface area (Å²) in [7, 11) is -4.61. The number of hydroxylamine groups is 2. The normalized spacial score (nSPS) is 13.5. The molecule has 1 aliphatic rings. The van der Waals surface area contributed by atoms with E-state index < -0.39 is 37.3 Å². The lowest BCUT2D eigenvalue weighted by Gasteiger charge is -2.32. The summed E-state index contributed by atoms with van der Waals surface area (Å²) >= 11 is 0. The Kier molecular flexibility index (Phi) is 13.4. The van der Waals surface area contributed by atoms with Crippen molar-refractivity contribution >= 4 is 42.8 Å². The summed E-state index contributed by atoms with van der Waals surface area (Å²) in [5.74, 6) is -1.77. The van der Waals surface area contributed by atoms with Crippen molar-refractivity contribution in [2.24, 2.45) is 5.92 Å². The SMILES string of the molecule is CCCCC[C@@H](C(=O)NCNC(=O)c1ccc(-c2cc(OCC)cc(P(=O)(O)O)c2)o1)[C@@H](CC)N(C=O)OC(=O)c1ccc2c(c1)NCCO2. The molecular weight excluding hydrogens is 671 g/mol. The highest BCUT2D eigenvalue weighted by Crippen LogP contribution is 2.37. The Hall–Kier alpha value is -4.85. The van der Waals surface area contributed by atoms with Crippen LogP contribution in [0.1, 0.15) is 73.8 Å². The molecule has 0 radical (unpaired) electrons. The quantitative estimate of drug-likeness (QED) is 0.0418. The zero-order valence-corrected chi connectivity index (χ0v) is 29.1. The number of nitrogens with one attached hydrogen (secondary N) is 3. The predicted octanol–water partition coefficient (Wildman–Crippen LogP) is 3.96. The van der Waals surface area contributed by atoms with Gasteiger partial charge in [-0.15, -0.1) is 0 Å². The van der Waals surface area contributed by atoms with Crippen LogP contribution in [-0.4, -0.2) is 71.5 Å². The summed E-state index contributed by atoms with van der Waals surface area (Å²) in [5, 5.41) is 9.01. The van der Waals surface area contributed by atoms with Crippen LogP contribution in [-0.2, 0) is 19.0 Å². The zero-order valence-electron chi connectivity index (χ0n) is 28.2. The molecule has 0 aliphatic carbocycles. The lowest BCUT2D eigenvalue weighted by molar-refractivity contribution is -0.171. The fraction of sp³-hybridized carbons (Fsp3) is 0.412. The minimum Gasteiger partial charge on any atom is -0.494 e. The first-order valence-electron chi connectivity index (χ1n) is 16.5. The van der Waals surface area contributed by atoms with Crippen molar-refractivity contribution in [1.29, 1.82) is 0 Å². The Balaban J connectivity index is 1.41. The van der Waals surface area contributed by atoms with Crippen LogP contribution in [0, 0.1) is 5.92 Å². The number of fused-ring (bicyclic) bond motifs is 1. The average Bonchev–Trinajstić information content (AvgIpc) is 3.61. The largest absolute Gasteiger partial charge is 0.494 e. The van der Waals surface area contributed by atoms with Crippen LogP contribution in [0.2, 0.25) is 0 Å². The molecule has 0 saturated heterocycles. The van der Waals surface area contributed by atoms with E-state index in [2.05, 4.69) is 16.0 Å². The number of amides is 3. The van der Waals surface area contributed by atoms with Crippen LogP contribution in [0.15, 0.2) is 52.9 Å². The van der Waals surface area contributed by atoms with Crippen LogP contribution < -0.4 is 30.7 Å². The summed E-state index contributed by atoms with van der Waals surface area (Å²) < 4.78 is 28.6. The minimum absolute atomic E-state index is 0.109. The van der Waals surface area contributed by atoms with E-state index in [-0.39, 0.29) is 41.4 Å². The van der Waals surface area contributed by atoms with E-state index in [1.165, 1.54) is 36.4 Å². The number of hydrogen-bond acceptors (Lipinski definition) is 10. The second-order valence-electron chi connectivity index (χ2n) is 11.5. The fourth-order valence-corrected chi connectivity index (χ4v) is 6.13. The first-order valence-corrected chi connectivity index (χ1v) is 18.1. The summed E-state index contributed by atoms with van der Waals surface area (Å²) in [6.07, 6.45) is 3.49. The molecule has 2 atom stereocenters. The number of carbonyl (C=O) groups is 4. The summed E-state index contributed by atoms with van der Waals surface area (Å²) in [6, 6.07) is 10.9. The van der Waals surface area contributed by atoms with Crippen LogP contribution >= 0.6 is 7.60 Å². The van der Waals surface area contributed by atoms with Gasteiger partial charge in [-0.2, -0.15) is 5.06 Å².